The Bertz CT molecular complexity index is 488. The van der Waals surface area contributed by atoms with Crippen LogP contribution in [0.2, 0.25) is 0 Å². The molecule has 8 heteroatoms. The molecule has 2 unspecified atom stereocenters. The van der Waals surface area contributed by atoms with Crippen molar-refractivity contribution in [1.82, 2.24) is 5.32 Å². The Hall–Kier alpha value is -1.80. The number of alkyl halides is 3. The summed E-state index contributed by atoms with van der Waals surface area (Å²) in [5, 5.41) is 14.8. The van der Waals surface area contributed by atoms with E-state index in [1.165, 1.54) is 12.1 Å². The van der Waals surface area contributed by atoms with E-state index in [0.717, 1.165) is 18.6 Å². The predicted octanol–water partition coefficient (Wildman–Crippen LogP) is 2.66. The van der Waals surface area contributed by atoms with Crippen molar-refractivity contribution < 1.29 is 27.8 Å². The van der Waals surface area contributed by atoms with E-state index in [1.54, 1.807) is 0 Å². The van der Waals surface area contributed by atoms with Crippen molar-refractivity contribution in [3.8, 4) is 5.75 Å². The van der Waals surface area contributed by atoms with E-state index in [0.29, 0.717) is 5.69 Å². The van der Waals surface area contributed by atoms with Crippen LogP contribution in [-0.4, -0.2) is 36.1 Å². The molecule has 2 atom stereocenters. The smallest absolute Gasteiger partial charge is 0.406 e. The quantitative estimate of drug-likeness (QED) is 0.684. The van der Waals surface area contributed by atoms with Crippen LogP contribution in [0.25, 0.3) is 0 Å². The summed E-state index contributed by atoms with van der Waals surface area (Å²) in [5.41, 5.74) is 0.380. The van der Waals surface area contributed by atoms with Gasteiger partial charge in [-0.1, -0.05) is 6.92 Å². The van der Waals surface area contributed by atoms with Crippen LogP contribution in [0.3, 0.4) is 0 Å². The maximum Gasteiger partial charge on any atom is 0.573 e. The highest BCUT2D eigenvalue weighted by Crippen LogP contribution is 2.23. The highest BCUT2D eigenvalue weighted by atomic mass is 19.4. The predicted molar refractivity (Wildman–Crippen MR) is 80.1 cm³/mol. The third-order valence-corrected chi connectivity index (χ3v) is 3.10. The number of hydrogen-bond acceptors (Lipinski definition) is 4. The third kappa shape index (κ3) is 7.85. The van der Waals surface area contributed by atoms with Gasteiger partial charge in [0, 0.05) is 24.2 Å². The number of halogens is 3. The van der Waals surface area contributed by atoms with Crippen LogP contribution in [0.15, 0.2) is 24.3 Å². The number of nitrogens with one attached hydrogen (secondary N) is 2. The minimum atomic E-state index is -4.74. The number of carbonyl (C=O) groups excluding carboxylic acids is 1. The molecule has 130 valence electrons. The van der Waals surface area contributed by atoms with Gasteiger partial charge in [0.2, 0.25) is 5.91 Å². The van der Waals surface area contributed by atoms with Gasteiger partial charge in [0.15, 0.2) is 0 Å². The first-order valence-electron chi connectivity index (χ1n) is 7.26. The van der Waals surface area contributed by atoms with Gasteiger partial charge in [-0.05, 0) is 37.6 Å². The Morgan fingerprint density at radius 1 is 1.30 bits per heavy atom. The number of amides is 1. The number of anilines is 1. The SMILES string of the molecule is CCC(CO)NC(C)CC(=O)Nc1ccc(OC(F)(F)F)cc1. The maximum absolute atomic E-state index is 12.0. The fourth-order valence-corrected chi connectivity index (χ4v) is 1.99. The lowest BCUT2D eigenvalue weighted by Crippen LogP contribution is -2.40. The maximum atomic E-state index is 12.0. The molecule has 0 saturated carbocycles. The second-order valence-electron chi connectivity index (χ2n) is 5.18. The lowest BCUT2D eigenvalue weighted by atomic mass is 10.1. The van der Waals surface area contributed by atoms with E-state index in [-0.39, 0.29) is 36.8 Å². The molecular formula is C15H21F3N2O3. The molecule has 0 aromatic heterocycles. The van der Waals surface area contributed by atoms with Gasteiger partial charge in [0.05, 0.1) is 6.61 Å². The lowest BCUT2D eigenvalue weighted by Gasteiger charge is -2.20. The first-order valence-corrected chi connectivity index (χ1v) is 7.26. The van der Waals surface area contributed by atoms with Crippen LogP contribution >= 0.6 is 0 Å². The summed E-state index contributed by atoms with van der Waals surface area (Å²) >= 11 is 0. The van der Waals surface area contributed by atoms with Crippen molar-refractivity contribution >= 4 is 11.6 Å². The second-order valence-corrected chi connectivity index (χ2v) is 5.18. The fourth-order valence-electron chi connectivity index (χ4n) is 1.99. The molecule has 0 bridgehead atoms. The molecular weight excluding hydrogens is 313 g/mol. The molecule has 1 amide bonds. The van der Waals surface area contributed by atoms with Crippen LogP contribution < -0.4 is 15.4 Å². The van der Waals surface area contributed by atoms with Gasteiger partial charge in [0.1, 0.15) is 5.75 Å². The molecule has 0 fully saturated rings. The molecule has 1 rings (SSSR count). The monoisotopic (exact) mass is 334 g/mol. The van der Waals surface area contributed by atoms with Crippen LogP contribution in [0.4, 0.5) is 18.9 Å². The summed E-state index contributed by atoms with van der Waals surface area (Å²) in [7, 11) is 0. The number of ether oxygens (including phenoxy) is 1. The summed E-state index contributed by atoms with van der Waals surface area (Å²) in [5.74, 6) is -0.624. The first-order chi connectivity index (χ1) is 10.7. The van der Waals surface area contributed by atoms with E-state index >= 15 is 0 Å². The average Bonchev–Trinajstić information content (AvgIpc) is 2.45. The molecule has 1 aromatic carbocycles. The van der Waals surface area contributed by atoms with E-state index in [9.17, 15) is 18.0 Å². The molecule has 0 aliphatic rings. The standard InChI is InChI=1S/C15H21F3N2O3/c1-3-11(9-21)19-10(2)8-14(22)20-12-4-6-13(7-5-12)23-15(16,17)18/h4-7,10-11,19,21H,3,8-9H2,1-2H3,(H,20,22). The van der Waals surface area contributed by atoms with E-state index in [4.69, 9.17) is 5.11 Å². The summed E-state index contributed by atoms with van der Waals surface area (Å²) in [6.45, 7) is 3.73. The Morgan fingerprint density at radius 2 is 1.91 bits per heavy atom. The molecule has 0 heterocycles. The van der Waals surface area contributed by atoms with Crippen LogP contribution in [0.5, 0.6) is 5.75 Å². The van der Waals surface area contributed by atoms with Crippen molar-refractivity contribution in [3.05, 3.63) is 24.3 Å². The Kier molecular flexibility index (Phi) is 7.31. The molecule has 0 aliphatic carbocycles. The summed E-state index contributed by atoms with van der Waals surface area (Å²) in [4.78, 5) is 11.9. The molecule has 0 radical (unpaired) electrons. The molecule has 0 spiro atoms. The number of benzene rings is 1. The first kappa shape index (κ1) is 19.2. The van der Waals surface area contributed by atoms with Crippen molar-refractivity contribution in [2.75, 3.05) is 11.9 Å². The number of carbonyl (C=O) groups is 1. The fraction of sp³-hybridized carbons (Fsp3) is 0.533. The number of aliphatic hydroxyl groups excluding tert-OH is 1. The molecule has 5 nitrogen and oxygen atoms in total. The van der Waals surface area contributed by atoms with Gasteiger partial charge in [0.25, 0.3) is 0 Å². The van der Waals surface area contributed by atoms with Crippen molar-refractivity contribution in [2.45, 2.75) is 45.1 Å². The van der Waals surface area contributed by atoms with Crippen molar-refractivity contribution in [2.24, 2.45) is 0 Å². The third-order valence-electron chi connectivity index (χ3n) is 3.10. The van der Waals surface area contributed by atoms with E-state index in [1.807, 2.05) is 13.8 Å². The minimum Gasteiger partial charge on any atom is -0.406 e. The van der Waals surface area contributed by atoms with Gasteiger partial charge in [-0.3, -0.25) is 4.79 Å². The minimum absolute atomic E-state index is 0.0108. The molecule has 0 saturated heterocycles. The average molecular weight is 334 g/mol. The lowest BCUT2D eigenvalue weighted by molar-refractivity contribution is -0.274. The molecule has 0 aliphatic heterocycles. The zero-order valence-corrected chi connectivity index (χ0v) is 13.0. The molecule has 3 N–H and O–H groups in total. The highest BCUT2D eigenvalue weighted by molar-refractivity contribution is 5.91. The van der Waals surface area contributed by atoms with E-state index < -0.39 is 6.36 Å². The van der Waals surface area contributed by atoms with Gasteiger partial charge >= 0.3 is 6.36 Å². The van der Waals surface area contributed by atoms with Gasteiger partial charge in [-0.15, -0.1) is 13.2 Å². The van der Waals surface area contributed by atoms with Gasteiger partial charge in [-0.2, -0.15) is 0 Å². The Balaban J connectivity index is 2.48. The highest BCUT2D eigenvalue weighted by Gasteiger charge is 2.30. The summed E-state index contributed by atoms with van der Waals surface area (Å²) < 4.78 is 39.9. The second kappa shape index (κ2) is 8.73. The number of hydrogen-bond donors (Lipinski definition) is 3. The summed E-state index contributed by atoms with van der Waals surface area (Å²) in [6.07, 6.45) is -3.82. The van der Waals surface area contributed by atoms with Crippen molar-refractivity contribution in [1.29, 1.82) is 0 Å². The van der Waals surface area contributed by atoms with Gasteiger partial charge < -0.3 is 20.5 Å². The largest absolute Gasteiger partial charge is 0.573 e. The van der Waals surface area contributed by atoms with Crippen LogP contribution in [0, 0.1) is 0 Å². The Labute approximate surface area is 132 Å². The van der Waals surface area contributed by atoms with Crippen LogP contribution in [0.1, 0.15) is 26.7 Å². The number of rotatable bonds is 8. The zero-order valence-electron chi connectivity index (χ0n) is 13.0. The Morgan fingerprint density at radius 3 is 2.39 bits per heavy atom. The normalized spacial score (nSPS) is 14.2. The number of aliphatic hydroxyl groups is 1. The van der Waals surface area contributed by atoms with Crippen LogP contribution in [-0.2, 0) is 4.79 Å². The van der Waals surface area contributed by atoms with E-state index in [2.05, 4.69) is 15.4 Å². The van der Waals surface area contributed by atoms with Crippen molar-refractivity contribution in [3.63, 3.8) is 0 Å². The molecule has 1 aromatic rings. The molecule has 23 heavy (non-hydrogen) atoms. The summed E-state index contributed by atoms with van der Waals surface area (Å²) in [6, 6.07) is 4.71. The van der Waals surface area contributed by atoms with Gasteiger partial charge in [-0.25, -0.2) is 0 Å². The zero-order chi connectivity index (χ0) is 17.5. The topological polar surface area (TPSA) is 70.6 Å².